The highest BCUT2D eigenvalue weighted by atomic mass is 35.5. The number of ether oxygens (including phenoxy) is 1. The van der Waals surface area contributed by atoms with Crippen LogP contribution in [0.4, 0.5) is 5.69 Å². The van der Waals surface area contributed by atoms with E-state index in [2.05, 4.69) is 17.0 Å². The van der Waals surface area contributed by atoms with Gasteiger partial charge in [0.05, 0.1) is 29.5 Å². The van der Waals surface area contributed by atoms with Crippen molar-refractivity contribution in [1.29, 1.82) is 0 Å². The van der Waals surface area contributed by atoms with Crippen LogP contribution in [0, 0.1) is 0 Å². The predicted octanol–water partition coefficient (Wildman–Crippen LogP) is 3.12. The molecule has 0 radical (unpaired) electrons. The van der Waals surface area contributed by atoms with Gasteiger partial charge in [-0.25, -0.2) is 0 Å². The summed E-state index contributed by atoms with van der Waals surface area (Å²) in [6.45, 7) is 3.71. The van der Waals surface area contributed by atoms with Gasteiger partial charge in [0.25, 0.3) is 0 Å². The van der Waals surface area contributed by atoms with Crippen molar-refractivity contribution in [2.75, 3.05) is 18.1 Å². The Morgan fingerprint density at radius 1 is 1.42 bits per heavy atom. The Bertz CT molecular complexity index is 463. The smallest absolute Gasteiger partial charge is 0.0779 e. The van der Waals surface area contributed by atoms with Gasteiger partial charge in [0.15, 0.2) is 0 Å². The molecule has 1 heterocycles. The number of nitrogens with zero attached hydrogens (tertiary/aromatic N) is 1. The van der Waals surface area contributed by atoms with E-state index in [0.29, 0.717) is 12.1 Å². The number of halogens is 1. The number of morpholine rings is 1. The van der Waals surface area contributed by atoms with Gasteiger partial charge in [-0.05, 0) is 43.9 Å². The van der Waals surface area contributed by atoms with Crippen molar-refractivity contribution in [3.63, 3.8) is 0 Å². The van der Waals surface area contributed by atoms with Crippen LogP contribution in [0.2, 0.25) is 5.02 Å². The molecule has 3 rings (SSSR count). The van der Waals surface area contributed by atoms with Crippen LogP contribution >= 0.6 is 11.6 Å². The molecule has 2 fully saturated rings. The van der Waals surface area contributed by atoms with Crippen LogP contribution in [0.5, 0.6) is 0 Å². The average molecular weight is 281 g/mol. The second kappa shape index (κ2) is 5.31. The van der Waals surface area contributed by atoms with Crippen molar-refractivity contribution in [3.8, 4) is 0 Å². The van der Waals surface area contributed by atoms with Gasteiger partial charge >= 0.3 is 0 Å². The summed E-state index contributed by atoms with van der Waals surface area (Å²) in [5.74, 6) is 0. The summed E-state index contributed by atoms with van der Waals surface area (Å²) in [6, 6.07) is 6.72. The van der Waals surface area contributed by atoms with Crippen molar-refractivity contribution in [1.82, 2.24) is 0 Å². The Morgan fingerprint density at radius 2 is 2.26 bits per heavy atom. The van der Waals surface area contributed by atoms with E-state index in [1.807, 2.05) is 13.0 Å². The van der Waals surface area contributed by atoms with E-state index in [9.17, 15) is 0 Å². The first-order valence-corrected chi connectivity index (χ1v) is 7.48. The summed E-state index contributed by atoms with van der Waals surface area (Å²) >= 11 is 6.46. The van der Waals surface area contributed by atoms with E-state index >= 15 is 0 Å². The Morgan fingerprint density at radius 3 is 3.00 bits per heavy atom. The van der Waals surface area contributed by atoms with Crippen LogP contribution in [0.15, 0.2) is 18.2 Å². The molecule has 1 aliphatic carbocycles. The van der Waals surface area contributed by atoms with E-state index in [1.165, 1.54) is 19.3 Å². The molecule has 0 bridgehead atoms. The monoisotopic (exact) mass is 280 g/mol. The molecule has 0 aromatic heterocycles. The minimum Gasteiger partial charge on any atom is -0.374 e. The maximum absolute atomic E-state index is 6.46. The lowest BCUT2D eigenvalue weighted by Crippen LogP contribution is -2.48. The fraction of sp³-hybridized carbons (Fsp3) is 0.600. The lowest BCUT2D eigenvalue weighted by molar-refractivity contribution is 0.0256. The van der Waals surface area contributed by atoms with E-state index in [4.69, 9.17) is 22.1 Å². The first-order valence-electron chi connectivity index (χ1n) is 7.10. The van der Waals surface area contributed by atoms with Crippen molar-refractivity contribution < 1.29 is 4.74 Å². The Hall–Kier alpha value is -0.770. The normalized spacial score (nSPS) is 28.3. The van der Waals surface area contributed by atoms with E-state index in [0.717, 1.165) is 29.4 Å². The Kier molecular flexibility index (Phi) is 3.70. The van der Waals surface area contributed by atoms with Gasteiger partial charge in [-0.2, -0.15) is 0 Å². The zero-order valence-corrected chi connectivity index (χ0v) is 12.1. The van der Waals surface area contributed by atoms with Crippen molar-refractivity contribution in [2.24, 2.45) is 5.73 Å². The summed E-state index contributed by atoms with van der Waals surface area (Å²) in [6.07, 6.45) is 4.02. The summed E-state index contributed by atoms with van der Waals surface area (Å²) in [4.78, 5) is 2.43. The molecule has 1 aromatic rings. The summed E-state index contributed by atoms with van der Waals surface area (Å²) in [5, 5.41) is 0.808. The molecule has 1 saturated heterocycles. The molecule has 2 unspecified atom stereocenters. The van der Waals surface area contributed by atoms with Gasteiger partial charge in [-0.15, -0.1) is 0 Å². The number of nitrogens with two attached hydrogens (primary N) is 1. The number of anilines is 1. The van der Waals surface area contributed by atoms with E-state index in [1.54, 1.807) is 0 Å². The molecule has 3 nitrogen and oxygen atoms in total. The van der Waals surface area contributed by atoms with Gasteiger partial charge in [0.2, 0.25) is 0 Å². The number of hydrogen-bond donors (Lipinski definition) is 1. The molecule has 2 N–H and O–H groups in total. The molecular formula is C15H21ClN2O. The minimum absolute atomic E-state index is 0.0236. The zero-order chi connectivity index (χ0) is 13.4. The van der Waals surface area contributed by atoms with Gasteiger partial charge < -0.3 is 15.4 Å². The number of rotatable bonds is 2. The molecule has 0 amide bonds. The SMILES string of the molecule is C[C@@H](N)c1ccc(N2CCOC3CCCC32)c(Cl)c1. The number of fused-ring (bicyclic) bond motifs is 1. The van der Waals surface area contributed by atoms with Crippen molar-refractivity contribution in [3.05, 3.63) is 28.8 Å². The van der Waals surface area contributed by atoms with Crippen LogP contribution in [0.1, 0.15) is 37.8 Å². The molecule has 104 valence electrons. The first-order chi connectivity index (χ1) is 9.16. The van der Waals surface area contributed by atoms with Crippen LogP contribution in [0.3, 0.4) is 0 Å². The Labute approximate surface area is 119 Å². The summed E-state index contributed by atoms with van der Waals surface area (Å²) in [7, 11) is 0. The number of benzene rings is 1. The van der Waals surface area contributed by atoms with Crippen LogP contribution in [0.25, 0.3) is 0 Å². The molecule has 4 heteroatoms. The third kappa shape index (κ3) is 2.47. The zero-order valence-electron chi connectivity index (χ0n) is 11.3. The predicted molar refractivity (Wildman–Crippen MR) is 78.8 cm³/mol. The molecular weight excluding hydrogens is 260 g/mol. The second-order valence-electron chi connectivity index (χ2n) is 5.60. The van der Waals surface area contributed by atoms with E-state index in [-0.39, 0.29) is 6.04 Å². The average Bonchev–Trinajstić information content (AvgIpc) is 2.86. The maximum Gasteiger partial charge on any atom is 0.0779 e. The molecule has 19 heavy (non-hydrogen) atoms. The lowest BCUT2D eigenvalue weighted by atomic mass is 10.1. The molecule has 2 aliphatic rings. The number of hydrogen-bond acceptors (Lipinski definition) is 3. The van der Waals surface area contributed by atoms with Gasteiger partial charge in [-0.3, -0.25) is 0 Å². The minimum atomic E-state index is 0.0236. The summed E-state index contributed by atoms with van der Waals surface area (Å²) < 4.78 is 5.85. The summed E-state index contributed by atoms with van der Waals surface area (Å²) in [5.41, 5.74) is 8.12. The fourth-order valence-corrected chi connectivity index (χ4v) is 3.56. The van der Waals surface area contributed by atoms with Gasteiger partial charge in [0, 0.05) is 12.6 Å². The molecule has 1 saturated carbocycles. The first kappa shape index (κ1) is 13.2. The second-order valence-corrected chi connectivity index (χ2v) is 6.01. The third-order valence-electron chi connectivity index (χ3n) is 4.29. The third-order valence-corrected chi connectivity index (χ3v) is 4.59. The standard InChI is InChI=1S/C15H21ClN2O/c1-10(17)11-5-6-13(12(16)9-11)18-7-8-19-15-4-2-3-14(15)18/h5-6,9-10,14-15H,2-4,7-8,17H2,1H3/t10-,14?,15?/m1/s1. The topological polar surface area (TPSA) is 38.5 Å². The van der Waals surface area contributed by atoms with Crippen molar-refractivity contribution >= 4 is 17.3 Å². The van der Waals surface area contributed by atoms with E-state index < -0.39 is 0 Å². The molecule has 1 aromatic carbocycles. The van der Waals surface area contributed by atoms with Crippen LogP contribution in [-0.2, 0) is 4.74 Å². The maximum atomic E-state index is 6.46. The molecule has 0 spiro atoms. The fourth-order valence-electron chi connectivity index (χ4n) is 3.26. The highest BCUT2D eigenvalue weighted by molar-refractivity contribution is 6.33. The van der Waals surface area contributed by atoms with Crippen LogP contribution < -0.4 is 10.6 Å². The van der Waals surface area contributed by atoms with Gasteiger partial charge in [-0.1, -0.05) is 17.7 Å². The van der Waals surface area contributed by atoms with Crippen LogP contribution in [-0.4, -0.2) is 25.3 Å². The largest absolute Gasteiger partial charge is 0.374 e. The van der Waals surface area contributed by atoms with Gasteiger partial charge in [0.1, 0.15) is 0 Å². The highest BCUT2D eigenvalue weighted by Gasteiger charge is 2.36. The highest BCUT2D eigenvalue weighted by Crippen LogP contribution is 2.37. The molecule has 3 atom stereocenters. The quantitative estimate of drug-likeness (QED) is 0.905. The Balaban J connectivity index is 1.88. The lowest BCUT2D eigenvalue weighted by Gasteiger charge is -2.39. The van der Waals surface area contributed by atoms with Crippen molar-refractivity contribution in [2.45, 2.75) is 44.4 Å². The molecule has 1 aliphatic heterocycles.